The van der Waals surface area contributed by atoms with Crippen LogP contribution in [0.2, 0.25) is 0 Å². The number of carbonyl (C=O) groups excluding carboxylic acids is 1. The van der Waals surface area contributed by atoms with Gasteiger partial charge in [-0.05, 0) is 45.8 Å². The summed E-state index contributed by atoms with van der Waals surface area (Å²) in [4.78, 5) is 25.0. The molecule has 0 heterocycles. The Morgan fingerprint density at radius 2 is 2.00 bits per heavy atom. The number of nitrogens with zero attached hydrogens (tertiary/aromatic N) is 1. The summed E-state index contributed by atoms with van der Waals surface area (Å²) in [5.41, 5.74) is -1.19. The van der Waals surface area contributed by atoms with E-state index in [1.807, 2.05) is 11.8 Å². The smallest absolute Gasteiger partial charge is 0.329 e. The molecule has 2 amide bonds. The summed E-state index contributed by atoms with van der Waals surface area (Å²) < 4.78 is 0. The van der Waals surface area contributed by atoms with Crippen LogP contribution in [-0.2, 0) is 4.79 Å². The average Bonchev–Trinajstić information content (AvgIpc) is 2.77. The van der Waals surface area contributed by atoms with Crippen LogP contribution in [-0.4, -0.2) is 51.1 Å². The van der Waals surface area contributed by atoms with Gasteiger partial charge in [-0.1, -0.05) is 6.92 Å². The molecule has 0 bridgehead atoms. The Bertz CT molecular complexity index is 360. The number of thioether (sulfide) groups is 1. The third-order valence-electron chi connectivity index (χ3n) is 3.87. The number of carbonyl (C=O) groups is 2. The van der Waals surface area contributed by atoms with Crippen LogP contribution in [0.3, 0.4) is 0 Å². The third-order valence-corrected chi connectivity index (χ3v) is 5.11. The lowest BCUT2D eigenvalue weighted by Gasteiger charge is -2.35. The molecule has 1 aliphatic carbocycles. The van der Waals surface area contributed by atoms with Crippen molar-refractivity contribution in [3.05, 3.63) is 0 Å². The first kappa shape index (κ1) is 17.1. The lowest BCUT2D eigenvalue weighted by atomic mass is 10.0. The van der Waals surface area contributed by atoms with E-state index in [0.717, 1.165) is 25.0 Å². The predicted molar refractivity (Wildman–Crippen MR) is 82.2 cm³/mol. The number of carboxylic acids is 1. The van der Waals surface area contributed by atoms with Crippen molar-refractivity contribution >= 4 is 23.8 Å². The predicted octanol–water partition coefficient (Wildman–Crippen LogP) is 2.56. The second kappa shape index (κ2) is 7.20. The van der Waals surface area contributed by atoms with E-state index in [1.165, 1.54) is 4.90 Å². The zero-order valence-corrected chi connectivity index (χ0v) is 13.6. The van der Waals surface area contributed by atoms with Crippen LogP contribution in [0.25, 0.3) is 0 Å². The molecule has 2 atom stereocenters. The molecule has 5 nitrogen and oxygen atoms in total. The molecule has 1 fully saturated rings. The van der Waals surface area contributed by atoms with Crippen LogP contribution in [0.15, 0.2) is 0 Å². The fourth-order valence-corrected chi connectivity index (χ4v) is 3.76. The van der Waals surface area contributed by atoms with Gasteiger partial charge >= 0.3 is 12.0 Å². The van der Waals surface area contributed by atoms with E-state index in [1.54, 1.807) is 20.8 Å². The van der Waals surface area contributed by atoms with Crippen LogP contribution in [0.1, 0.15) is 47.0 Å². The highest BCUT2D eigenvalue weighted by molar-refractivity contribution is 7.99. The van der Waals surface area contributed by atoms with E-state index >= 15 is 0 Å². The van der Waals surface area contributed by atoms with Crippen LogP contribution < -0.4 is 5.32 Å². The van der Waals surface area contributed by atoms with Gasteiger partial charge in [0.25, 0.3) is 0 Å². The molecule has 0 aromatic rings. The molecule has 116 valence electrons. The van der Waals surface area contributed by atoms with Crippen molar-refractivity contribution in [1.29, 1.82) is 0 Å². The zero-order chi connectivity index (χ0) is 15.3. The van der Waals surface area contributed by atoms with Gasteiger partial charge in [-0.2, -0.15) is 11.8 Å². The molecule has 0 spiro atoms. The van der Waals surface area contributed by atoms with Crippen molar-refractivity contribution in [3.8, 4) is 0 Å². The van der Waals surface area contributed by atoms with Crippen LogP contribution in [0.5, 0.6) is 0 Å². The number of likely N-dealkylation sites (N-methyl/N-ethyl adjacent to an activating group) is 1. The summed E-state index contributed by atoms with van der Waals surface area (Å²) >= 11 is 1.94. The molecule has 0 aliphatic heterocycles. The summed E-state index contributed by atoms with van der Waals surface area (Å²) in [5, 5.41) is 12.8. The molecule has 6 heteroatoms. The van der Waals surface area contributed by atoms with Gasteiger partial charge in [0.1, 0.15) is 5.54 Å². The largest absolute Gasteiger partial charge is 0.480 e. The van der Waals surface area contributed by atoms with E-state index in [2.05, 4.69) is 12.2 Å². The van der Waals surface area contributed by atoms with Gasteiger partial charge in [-0.15, -0.1) is 0 Å². The summed E-state index contributed by atoms with van der Waals surface area (Å²) in [6, 6.07) is -0.0998. The highest BCUT2D eigenvalue weighted by Gasteiger charge is 2.38. The topological polar surface area (TPSA) is 69.6 Å². The monoisotopic (exact) mass is 302 g/mol. The van der Waals surface area contributed by atoms with Crippen molar-refractivity contribution in [2.75, 3.05) is 12.3 Å². The number of carboxylic acid groups (broad SMARTS) is 1. The van der Waals surface area contributed by atoms with Gasteiger partial charge in [0.15, 0.2) is 0 Å². The van der Waals surface area contributed by atoms with Crippen LogP contribution >= 0.6 is 11.8 Å². The molecule has 1 aliphatic rings. The first-order valence-corrected chi connectivity index (χ1v) is 8.30. The van der Waals surface area contributed by atoms with E-state index in [4.69, 9.17) is 0 Å². The van der Waals surface area contributed by atoms with Crippen molar-refractivity contribution < 1.29 is 14.7 Å². The molecule has 2 N–H and O–H groups in total. The number of aliphatic carboxylic acids is 1. The Hall–Kier alpha value is -0.910. The molecular formula is C14H26N2O3S. The molecule has 1 rings (SSSR count). The Labute approximate surface area is 125 Å². The first-order chi connectivity index (χ1) is 9.32. The Balaban J connectivity index is 2.59. The number of nitrogens with one attached hydrogen (secondary N) is 1. The van der Waals surface area contributed by atoms with E-state index in [-0.39, 0.29) is 12.1 Å². The van der Waals surface area contributed by atoms with Crippen molar-refractivity contribution in [2.24, 2.45) is 0 Å². The van der Waals surface area contributed by atoms with Gasteiger partial charge in [-0.3, -0.25) is 0 Å². The summed E-state index contributed by atoms with van der Waals surface area (Å²) in [5.74, 6) is 0.110. The normalized spacial score (nSPS) is 22.6. The Morgan fingerprint density at radius 3 is 2.50 bits per heavy atom. The minimum atomic E-state index is -1.19. The van der Waals surface area contributed by atoms with Crippen LogP contribution in [0.4, 0.5) is 4.79 Å². The number of amides is 2. The molecular weight excluding hydrogens is 276 g/mol. The highest BCUT2D eigenvalue weighted by atomic mass is 32.2. The standard InChI is InChI=1S/C14H26N2O3S/c1-5-16(14(3,4)12(17)18)13(19)15-10-7-8-11(9-10)20-6-2/h10-11H,5-9H2,1-4H3,(H,15,19)(H,17,18). The number of hydrogen-bond acceptors (Lipinski definition) is 3. The summed E-state index contributed by atoms with van der Waals surface area (Å²) in [6.07, 6.45) is 3.08. The second-order valence-corrected chi connectivity index (χ2v) is 7.22. The fraction of sp³-hybridized carbons (Fsp3) is 0.857. The van der Waals surface area contributed by atoms with Crippen molar-refractivity contribution in [1.82, 2.24) is 10.2 Å². The Morgan fingerprint density at radius 1 is 1.35 bits per heavy atom. The van der Waals surface area contributed by atoms with Gasteiger partial charge in [0, 0.05) is 17.8 Å². The van der Waals surface area contributed by atoms with Gasteiger partial charge in [0.05, 0.1) is 0 Å². The SMILES string of the molecule is CCSC1CCC(NC(=O)N(CC)C(C)(C)C(=O)O)C1. The summed E-state index contributed by atoms with van der Waals surface area (Å²) in [6.45, 7) is 7.44. The van der Waals surface area contributed by atoms with Crippen LogP contribution in [0, 0.1) is 0 Å². The highest BCUT2D eigenvalue weighted by Crippen LogP contribution is 2.30. The number of urea groups is 1. The van der Waals surface area contributed by atoms with E-state index in [0.29, 0.717) is 11.8 Å². The maximum atomic E-state index is 12.3. The quantitative estimate of drug-likeness (QED) is 0.791. The zero-order valence-electron chi connectivity index (χ0n) is 12.8. The average molecular weight is 302 g/mol. The number of hydrogen-bond donors (Lipinski definition) is 2. The Kier molecular flexibility index (Phi) is 6.17. The third kappa shape index (κ3) is 4.04. The molecule has 0 radical (unpaired) electrons. The molecule has 0 aromatic heterocycles. The lowest BCUT2D eigenvalue weighted by Crippen LogP contribution is -2.57. The van der Waals surface area contributed by atoms with Gasteiger partial charge in [0.2, 0.25) is 0 Å². The second-order valence-electron chi connectivity index (χ2n) is 5.65. The minimum Gasteiger partial charge on any atom is -0.480 e. The first-order valence-electron chi connectivity index (χ1n) is 7.26. The lowest BCUT2D eigenvalue weighted by molar-refractivity contribution is -0.147. The summed E-state index contributed by atoms with van der Waals surface area (Å²) in [7, 11) is 0. The van der Waals surface area contributed by atoms with Crippen molar-refractivity contribution in [2.45, 2.75) is 63.8 Å². The van der Waals surface area contributed by atoms with E-state index < -0.39 is 11.5 Å². The minimum absolute atomic E-state index is 0.171. The molecule has 0 aromatic carbocycles. The molecule has 0 saturated heterocycles. The van der Waals surface area contributed by atoms with Gasteiger partial charge < -0.3 is 15.3 Å². The number of rotatable bonds is 6. The molecule has 2 unspecified atom stereocenters. The van der Waals surface area contributed by atoms with E-state index in [9.17, 15) is 14.7 Å². The molecule has 20 heavy (non-hydrogen) atoms. The molecule has 1 saturated carbocycles. The fourth-order valence-electron chi connectivity index (χ4n) is 2.62. The maximum Gasteiger partial charge on any atom is 0.329 e. The maximum absolute atomic E-state index is 12.3. The van der Waals surface area contributed by atoms with Gasteiger partial charge in [-0.25, -0.2) is 9.59 Å². The van der Waals surface area contributed by atoms with Crippen molar-refractivity contribution in [3.63, 3.8) is 0 Å².